The van der Waals surface area contributed by atoms with Crippen LogP contribution < -0.4 is 4.74 Å². The second-order valence-corrected chi connectivity index (χ2v) is 6.06. The fraction of sp³-hybridized carbons (Fsp3) is 0.389. The first-order chi connectivity index (χ1) is 11.5. The average Bonchev–Trinajstić information content (AvgIpc) is 3.13. The summed E-state index contributed by atoms with van der Waals surface area (Å²) in [5.41, 5.74) is 0.635. The Labute approximate surface area is 139 Å². The molecule has 0 radical (unpaired) electrons. The molecule has 128 valence electrons. The SMILES string of the molecule is Cc1cc(CN2CCC[C@H]2COc2ccc(F)cc2)oc1C(=O)O. The number of carboxylic acid groups (broad SMARTS) is 1. The van der Waals surface area contributed by atoms with Gasteiger partial charge in [0.1, 0.15) is 23.9 Å². The van der Waals surface area contributed by atoms with Crippen molar-refractivity contribution < 1.29 is 23.4 Å². The van der Waals surface area contributed by atoms with E-state index in [4.69, 9.17) is 14.3 Å². The first-order valence-electron chi connectivity index (χ1n) is 7.98. The highest BCUT2D eigenvalue weighted by molar-refractivity contribution is 5.86. The molecule has 0 aliphatic carbocycles. The molecule has 3 rings (SSSR count). The van der Waals surface area contributed by atoms with E-state index in [1.807, 2.05) is 0 Å². The molecule has 1 aromatic carbocycles. The lowest BCUT2D eigenvalue weighted by Gasteiger charge is -2.23. The number of rotatable bonds is 6. The van der Waals surface area contributed by atoms with E-state index in [1.165, 1.54) is 12.1 Å². The fourth-order valence-corrected chi connectivity index (χ4v) is 3.05. The van der Waals surface area contributed by atoms with Crippen molar-refractivity contribution in [3.8, 4) is 5.75 Å². The molecule has 1 aliphatic rings. The minimum Gasteiger partial charge on any atom is -0.492 e. The first-order valence-corrected chi connectivity index (χ1v) is 7.98. The van der Waals surface area contributed by atoms with Crippen molar-refractivity contribution in [2.24, 2.45) is 0 Å². The van der Waals surface area contributed by atoms with Gasteiger partial charge in [-0.3, -0.25) is 4.90 Å². The maximum atomic E-state index is 12.9. The van der Waals surface area contributed by atoms with Crippen LogP contribution in [0.4, 0.5) is 4.39 Å². The van der Waals surface area contributed by atoms with Crippen LogP contribution in [0.5, 0.6) is 5.75 Å². The van der Waals surface area contributed by atoms with Crippen LogP contribution in [0.15, 0.2) is 34.7 Å². The van der Waals surface area contributed by atoms with Crippen molar-refractivity contribution in [1.29, 1.82) is 0 Å². The molecule has 2 aromatic rings. The van der Waals surface area contributed by atoms with Crippen molar-refractivity contribution in [3.63, 3.8) is 0 Å². The van der Waals surface area contributed by atoms with Crippen LogP contribution in [0.2, 0.25) is 0 Å². The van der Waals surface area contributed by atoms with Gasteiger partial charge in [-0.25, -0.2) is 9.18 Å². The lowest BCUT2D eigenvalue weighted by Crippen LogP contribution is -2.33. The van der Waals surface area contributed by atoms with E-state index < -0.39 is 5.97 Å². The number of carbonyl (C=O) groups is 1. The molecule has 0 bridgehead atoms. The van der Waals surface area contributed by atoms with Crippen LogP contribution in [-0.4, -0.2) is 35.2 Å². The van der Waals surface area contributed by atoms with Gasteiger partial charge in [-0.2, -0.15) is 0 Å². The van der Waals surface area contributed by atoms with E-state index in [0.29, 0.717) is 30.2 Å². The summed E-state index contributed by atoms with van der Waals surface area (Å²) in [6, 6.07) is 7.99. The number of hydrogen-bond donors (Lipinski definition) is 1. The molecule has 0 saturated carbocycles. The van der Waals surface area contributed by atoms with Gasteiger partial charge in [-0.05, 0) is 56.6 Å². The van der Waals surface area contributed by atoms with Gasteiger partial charge in [0.05, 0.1) is 6.54 Å². The maximum absolute atomic E-state index is 12.9. The van der Waals surface area contributed by atoms with Crippen LogP contribution in [0, 0.1) is 12.7 Å². The van der Waals surface area contributed by atoms with Crippen LogP contribution >= 0.6 is 0 Å². The molecule has 1 saturated heterocycles. The molecule has 6 heteroatoms. The normalized spacial score (nSPS) is 18.0. The van der Waals surface area contributed by atoms with E-state index in [2.05, 4.69) is 4.90 Å². The van der Waals surface area contributed by atoms with Gasteiger partial charge in [0.2, 0.25) is 5.76 Å². The smallest absolute Gasteiger partial charge is 0.372 e. The number of benzene rings is 1. The van der Waals surface area contributed by atoms with Gasteiger partial charge in [-0.1, -0.05) is 0 Å². The van der Waals surface area contributed by atoms with E-state index in [-0.39, 0.29) is 17.6 Å². The molecule has 0 spiro atoms. The topological polar surface area (TPSA) is 62.9 Å². The molecule has 1 atom stereocenters. The lowest BCUT2D eigenvalue weighted by molar-refractivity contribution is 0.0656. The zero-order chi connectivity index (χ0) is 17.1. The molecule has 0 amide bonds. The molecule has 5 nitrogen and oxygen atoms in total. The number of aryl methyl sites for hydroxylation is 1. The Morgan fingerprint density at radius 2 is 2.17 bits per heavy atom. The number of aromatic carboxylic acids is 1. The number of hydrogen-bond acceptors (Lipinski definition) is 4. The Bertz CT molecular complexity index is 710. The number of nitrogens with zero attached hydrogens (tertiary/aromatic N) is 1. The van der Waals surface area contributed by atoms with E-state index in [1.54, 1.807) is 25.1 Å². The number of carboxylic acids is 1. The maximum Gasteiger partial charge on any atom is 0.372 e. The summed E-state index contributed by atoms with van der Waals surface area (Å²) in [4.78, 5) is 13.3. The quantitative estimate of drug-likeness (QED) is 0.877. The average molecular weight is 333 g/mol. The number of ether oxygens (including phenoxy) is 1. The summed E-state index contributed by atoms with van der Waals surface area (Å²) in [6.45, 7) is 3.72. The Balaban J connectivity index is 1.60. The predicted octanol–water partition coefficient (Wildman–Crippen LogP) is 3.47. The van der Waals surface area contributed by atoms with E-state index in [0.717, 1.165) is 19.4 Å². The fourth-order valence-electron chi connectivity index (χ4n) is 3.05. The van der Waals surface area contributed by atoms with Crippen molar-refractivity contribution in [3.05, 3.63) is 53.2 Å². The number of likely N-dealkylation sites (tertiary alicyclic amines) is 1. The van der Waals surface area contributed by atoms with Gasteiger partial charge >= 0.3 is 5.97 Å². The van der Waals surface area contributed by atoms with E-state index >= 15 is 0 Å². The minimum absolute atomic E-state index is 0.00306. The Hall–Kier alpha value is -2.34. The molecule has 24 heavy (non-hydrogen) atoms. The second-order valence-electron chi connectivity index (χ2n) is 6.06. The highest BCUT2D eigenvalue weighted by atomic mass is 19.1. The summed E-state index contributed by atoms with van der Waals surface area (Å²) in [7, 11) is 0. The monoisotopic (exact) mass is 333 g/mol. The molecular weight excluding hydrogens is 313 g/mol. The zero-order valence-electron chi connectivity index (χ0n) is 13.5. The van der Waals surface area contributed by atoms with Gasteiger partial charge in [-0.15, -0.1) is 0 Å². The van der Waals surface area contributed by atoms with Gasteiger partial charge in [0, 0.05) is 11.6 Å². The third kappa shape index (κ3) is 3.76. The highest BCUT2D eigenvalue weighted by Crippen LogP contribution is 2.24. The third-order valence-electron chi connectivity index (χ3n) is 4.28. The van der Waals surface area contributed by atoms with Crippen LogP contribution in [0.25, 0.3) is 0 Å². The van der Waals surface area contributed by atoms with Crippen molar-refractivity contribution in [2.75, 3.05) is 13.2 Å². The predicted molar refractivity (Wildman–Crippen MR) is 85.7 cm³/mol. The van der Waals surface area contributed by atoms with Crippen molar-refractivity contribution in [1.82, 2.24) is 4.90 Å². The zero-order valence-corrected chi connectivity index (χ0v) is 13.5. The number of furan rings is 1. The molecule has 1 fully saturated rings. The summed E-state index contributed by atoms with van der Waals surface area (Å²) in [5.74, 6) is -0.0317. The molecule has 2 heterocycles. The number of halogens is 1. The largest absolute Gasteiger partial charge is 0.492 e. The van der Waals surface area contributed by atoms with E-state index in [9.17, 15) is 9.18 Å². The molecule has 1 N–H and O–H groups in total. The Kier molecular flexibility index (Phi) is 4.85. The van der Waals surface area contributed by atoms with Crippen LogP contribution in [0.3, 0.4) is 0 Å². The summed E-state index contributed by atoms with van der Waals surface area (Å²) < 4.78 is 24.1. The molecule has 1 aliphatic heterocycles. The van der Waals surface area contributed by atoms with Crippen molar-refractivity contribution >= 4 is 5.97 Å². The van der Waals surface area contributed by atoms with Gasteiger partial charge in [0.15, 0.2) is 0 Å². The summed E-state index contributed by atoms with van der Waals surface area (Å²) >= 11 is 0. The van der Waals surface area contributed by atoms with Crippen LogP contribution in [-0.2, 0) is 6.54 Å². The van der Waals surface area contributed by atoms with Crippen LogP contribution in [0.1, 0.15) is 34.7 Å². The molecule has 0 unspecified atom stereocenters. The Morgan fingerprint density at radius 3 is 2.83 bits per heavy atom. The highest BCUT2D eigenvalue weighted by Gasteiger charge is 2.27. The van der Waals surface area contributed by atoms with Crippen molar-refractivity contribution in [2.45, 2.75) is 32.4 Å². The minimum atomic E-state index is -1.05. The van der Waals surface area contributed by atoms with Gasteiger partial charge in [0.25, 0.3) is 0 Å². The standard InChI is InChI=1S/C18H20FNO4/c1-12-9-16(24-17(12)18(21)22)10-20-8-2-3-14(20)11-23-15-6-4-13(19)5-7-15/h4-7,9,14H,2-3,8,10-11H2,1H3,(H,21,22)/t14-/m0/s1. The first kappa shape index (κ1) is 16.5. The summed E-state index contributed by atoms with van der Waals surface area (Å²) in [6.07, 6.45) is 2.07. The van der Waals surface area contributed by atoms with Gasteiger partial charge < -0.3 is 14.3 Å². The lowest BCUT2D eigenvalue weighted by atomic mass is 10.2. The third-order valence-corrected chi connectivity index (χ3v) is 4.28. The second kappa shape index (κ2) is 7.05. The summed E-state index contributed by atoms with van der Waals surface area (Å²) in [5, 5.41) is 9.07. The molecular formula is C18H20FNO4. The Morgan fingerprint density at radius 1 is 1.42 bits per heavy atom. The molecule has 1 aromatic heterocycles.